The summed E-state index contributed by atoms with van der Waals surface area (Å²) in [6.07, 6.45) is 4.19. The monoisotopic (exact) mass is 495 g/mol. The fourth-order valence-electron chi connectivity index (χ4n) is 3.91. The van der Waals surface area contributed by atoms with E-state index in [0.717, 1.165) is 20.7 Å². The lowest BCUT2D eigenvalue weighted by atomic mass is 10.1. The van der Waals surface area contributed by atoms with Crippen molar-refractivity contribution in [2.75, 3.05) is 38.7 Å². The smallest absolute Gasteiger partial charge is 0.259 e. The molecular formula is C21H25N3O5S3. The van der Waals surface area contributed by atoms with Crippen LogP contribution in [0.15, 0.2) is 46.2 Å². The van der Waals surface area contributed by atoms with E-state index in [1.165, 1.54) is 16.8 Å². The highest BCUT2D eigenvalue weighted by molar-refractivity contribution is 7.90. The van der Waals surface area contributed by atoms with E-state index in [-0.39, 0.29) is 10.5 Å². The summed E-state index contributed by atoms with van der Waals surface area (Å²) in [6.45, 7) is 2.84. The first-order valence-corrected chi connectivity index (χ1v) is 14.6. The van der Waals surface area contributed by atoms with Crippen molar-refractivity contribution in [3.63, 3.8) is 0 Å². The summed E-state index contributed by atoms with van der Waals surface area (Å²) in [7, 11) is -4.75. The first-order chi connectivity index (χ1) is 14.9. The van der Waals surface area contributed by atoms with Gasteiger partial charge in [-0.15, -0.1) is 11.3 Å². The van der Waals surface area contributed by atoms with Crippen LogP contribution in [0.4, 0.5) is 0 Å². The second kappa shape index (κ2) is 8.38. The number of hydrogen-bond acceptors (Lipinski definition) is 7. The number of hydrogen-bond donors (Lipinski definition) is 0. The predicted molar refractivity (Wildman–Crippen MR) is 127 cm³/mol. The Morgan fingerprint density at radius 3 is 2.16 bits per heavy atom. The second-order valence-electron chi connectivity index (χ2n) is 8.15. The van der Waals surface area contributed by atoms with Gasteiger partial charge in [-0.3, -0.25) is 9.69 Å². The SMILES string of the molecule is Cn1cc(-c2ccc(S(C)(=O)=O)cc2)c2sc(CN3CCN(S(C)(=O)=O)CC3)cc2c1=O. The molecule has 1 aliphatic rings. The molecule has 0 atom stereocenters. The average Bonchev–Trinajstić information content (AvgIpc) is 3.14. The van der Waals surface area contributed by atoms with Crippen LogP contribution in [0.1, 0.15) is 4.88 Å². The van der Waals surface area contributed by atoms with E-state index in [9.17, 15) is 21.6 Å². The number of aryl methyl sites for hydroxylation is 1. The van der Waals surface area contributed by atoms with Crippen LogP contribution in [0, 0.1) is 0 Å². The summed E-state index contributed by atoms with van der Waals surface area (Å²) in [5.74, 6) is 0. The summed E-state index contributed by atoms with van der Waals surface area (Å²) >= 11 is 1.55. The molecule has 172 valence electrons. The van der Waals surface area contributed by atoms with Crippen LogP contribution in [0.2, 0.25) is 0 Å². The highest BCUT2D eigenvalue weighted by atomic mass is 32.2. The minimum absolute atomic E-state index is 0.0825. The molecule has 2 aromatic heterocycles. The molecule has 3 heterocycles. The van der Waals surface area contributed by atoms with Crippen LogP contribution in [0.3, 0.4) is 0 Å². The number of piperazine rings is 1. The van der Waals surface area contributed by atoms with Crippen LogP contribution >= 0.6 is 11.3 Å². The van der Waals surface area contributed by atoms with Gasteiger partial charge in [0.2, 0.25) is 10.0 Å². The Kier molecular flexibility index (Phi) is 6.05. The average molecular weight is 496 g/mol. The molecule has 3 aromatic rings. The third kappa shape index (κ3) is 4.67. The largest absolute Gasteiger partial charge is 0.317 e. The van der Waals surface area contributed by atoms with Gasteiger partial charge in [0, 0.05) is 67.4 Å². The second-order valence-corrected chi connectivity index (χ2v) is 13.3. The zero-order chi connectivity index (χ0) is 23.3. The van der Waals surface area contributed by atoms with Gasteiger partial charge < -0.3 is 4.57 Å². The zero-order valence-electron chi connectivity index (χ0n) is 18.1. The van der Waals surface area contributed by atoms with Crippen LogP contribution in [-0.4, -0.2) is 69.3 Å². The number of fused-ring (bicyclic) bond motifs is 1. The number of benzene rings is 1. The van der Waals surface area contributed by atoms with Gasteiger partial charge in [0.1, 0.15) is 0 Å². The fraction of sp³-hybridized carbons (Fsp3) is 0.381. The van der Waals surface area contributed by atoms with Crippen molar-refractivity contribution >= 4 is 41.3 Å². The molecule has 1 aromatic carbocycles. The van der Waals surface area contributed by atoms with E-state index in [0.29, 0.717) is 38.1 Å². The Bertz CT molecular complexity index is 1430. The number of sulfonamides is 1. The normalized spacial score (nSPS) is 16.6. The van der Waals surface area contributed by atoms with Gasteiger partial charge in [0.15, 0.2) is 9.84 Å². The van der Waals surface area contributed by atoms with Crippen LogP contribution < -0.4 is 5.56 Å². The van der Waals surface area contributed by atoms with E-state index in [4.69, 9.17) is 0 Å². The topological polar surface area (TPSA) is 96.8 Å². The third-order valence-corrected chi connectivity index (χ3v) is 9.26. The van der Waals surface area contributed by atoms with Crippen molar-refractivity contribution in [2.24, 2.45) is 7.05 Å². The summed E-state index contributed by atoms with van der Waals surface area (Å²) in [5, 5.41) is 0.631. The fourth-order valence-corrected chi connectivity index (χ4v) is 6.59. The maximum absolute atomic E-state index is 12.8. The molecule has 0 aliphatic carbocycles. The van der Waals surface area contributed by atoms with Gasteiger partial charge in [-0.2, -0.15) is 4.31 Å². The van der Waals surface area contributed by atoms with Crippen molar-refractivity contribution < 1.29 is 16.8 Å². The highest BCUT2D eigenvalue weighted by Gasteiger charge is 2.24. The highest BCUT2D eigenvalue weighted by Crippen LogP contribution is 2.34. The summed E-state index contributed by atoms with van der Waals surface area (Å²) in [5.41, 5.74) is 1.63. The Balaban J connectivity index is 1.65. The van der Waals surface area contributed by atoms with E-state index < -0.39 is 19.9 Å². The first-order valence-electron chi connectivity index (χ1n) is 10.0. The molecule has 0 unspecified atom stereocenters. The molecule has 0 saturated carbocycles. The Labute approximate surface area is 191 Å². The number of nitrogens with zero attached hydrogens (tertiary/aromatic N) is 3. The summed E-state index contributed by atoms with van der Waals surface area (Å²) < 4.78 is 50.9. The number of rotatable bonds is 5. The predicted octanol–water partition coefficient (Wildman–Crippen LogP) is 1.75. The van der Waals surface area contributed by atoms with Crippen molar-refractivity contribution in [3.05, 3.63) is 51.8 Å². The lowest BCUT2D eigenvalue weighted by Gasteiger charge is -2.32. The van der Waals surface area contributed by atoms with Crippen molar-refractivity contribution in [2.45, 2.75) is 11.4 Å². The Morgan fingerprint density at radius 1 is 0.969 bits per heavy atom. The Hall–Kier alpha value is -2.05. The quantitative estimate of drug-likeness (QED) is 0.535. The lowest BCUT2D eigenvalue weighted by molar-refractivity contribution is 0.183. The third-order valence-electron chi connectivity index (χ3n) is 5.67. The van der Waals surface area contributed by atoms with E-state index in [2.05, 4.69) is 4.90 Å². The zero-order valence-corrected chi connectivity index (χ0v) is 20.6. The molecule has 0 amide bonds. The van der Waals surface area contributed by atoms with E-state index >= 15 is 0 Å². The van der Waals surface area contributed by atoms with Crippen LogP contribution in [0.25, 0.3) is 21.2 Å². The van der Waals surface area contributed by atoms with Crippen LogP contribution in [-0.2, 0) is 33.5 Å². The summed E-state index contributed by atoms with van der Waals surface area (Å²) in [6, 6.07) is 8.60. The molecule has 0 radical (unpaired) electrons. The van der Waals surface area contributed by atoms with Crippen LogP contribution in [0.5, 0.6) is 0 Å². The molecular weight excluding hydrogens is 470 g/mol. The van der Waals surface area contributed by atoms with E-state index in [1.54, 1.807) is 53.4 Å². The molecule has 8 nitrogen and oxygen atoms in total. The number of sulfone groups is 1. The maximum Gasteiger partial charge on any atom is 0.259 e. The van der Waals surface area contributed by atoms with Gasteiger partial charge in [-0.05, 0) is 23.8 Å². The standard InChI is InChI=1S/C21H25N3O5S3/c1-22-14-19(15-4-6-17(7-5-15)31(2,26)27)20-18(21(22)25)12-16(30-20)13-23-8-10-24(11-9-23)32(3,28)29/h4-7,12,14H,8-11,13H2,1-3H3. The maximum atomic E-state index is 12.8. The number of pyridine rings is 1. The first kappa shape index (κ1) is 23.1. The van der Waals surface area contributed by atoms with Crippen molar-refractivity contribution in [1.82, 2.24) is 13.8 Å². The lowest BCUT2D eigenvalue weighted by Crippen LogP contribution is -2.47. The molecule has 4 rings (SSSR count). The van der Waals surface area contributed by atoms with Crippen molar-refractivity contribution in [1.29, 1.82) is 0 Å². The molecule has 0 N–H and O–H groups in total. The molecule has 1 aliphatic heterocycles. The molecule has 0 bridgehead atoms. The molecule has 1 fully saturated rings. The number of aromatic nitrogens is 1. The van der Waals surface area contributed by atoms with Gasteiger partial charge in [-0.25, -0.2) is 16.8 Å². The Morgan fingerprint density at radius 2 is 1.59 bits per heavy atom. The molecule has 0 spiro atoms. The number of thiophene rings is 1. The molecule has 32 heavy (non-hydrogen) atoms. The van der Waals surface area contributed by atoms with E-state index in [1.807, 2.05) is 6.07 Å². The van der Waals surface area contributed by atoms with Gasteiger partial charge in [-0.1, -0.05) is 12.1 Å². The van der Waals surface area contributed by atoms with Gasteiger partial charge in [0.05, 0.1) is 16.5 Å². The molecule has 11 heteroatoms. The van der Waals surface area contributed by atoms with Crippen molar-refractivity contribution in [3.8, 4) is 11.1 Å². The minimum atomic E-state index is -3.28. The molecule has 1 saturated heterocycles. The summed E-state index contributed by atoms with van der Waals surface area (Å²) in [4.78, 5) is 16.2. The van der Waals surface area contributed by atoms with Gasteiger partial charge >= 0.3 is 0 Å². The minimum Gasteiger partial charge on any atom is -0.317 e. The van der Waals surface area contributed by atoms with Gasteiger partial charge in [0.25, 0.3) is 5.56 Å².